The number of likely N-dealkylation sites (N-methyl/N-ethyl adjacent to an activating group) is 2. The Bertz CT molecular complexity index is 1300. The molecule has 2 aliphatic heterocycles. The first kappa shape index (κ1) is 24.2. The van der Waals surface area contributed by atoms with Crippen molar-refractivity contribution in [1.82, 2.24) is 24.8 Å². The molecular weight excluding hydrogens is 489 g/mol. The van der Waals surface area contributed by atoms with Crippen molar-refractivity contribution >= 4 is 34.7 Å². The number of carbonyl (C=O) groups excluding carboxylic acids is 1. The first-order chi connectivity index (χ1) is 18.0. The summed E-state index contributed by atoms with van der Waals surface area (Å²) in [5, 5.41) is 3.12. The van der Waals surface area contributed by atoms with E-state index in [0.29, 0.717) is 16.3 Å². The Balaban J connectivity index is 1.23. The lowest BCUT2D eigenvalue weighted by atomic mass is 9.79. The van der Waals surface area contributed by atoms with Crippen LogP contribution in [-0.4, -0.2) is 77.0 Å². The zero-order chi connectivity index (χ0) is 25.6. The summed E-state index contributed by atoms with van der Waals surface area (Å²) in [7, 11) is 1.86. The van der Waals surface area contributed by atoms with E-state index in [1.54, 1.807) is 0 Å². The minimum absolute atomic E-state index is 0.00300. The SMILES string of the molecule is CCN1CCN(c2ccc(Nc3ncc(F)c(-c4cc5c(s4)C4(CCCC4)CN(C)C5=O)n3)nc2)CC1. The third kappa shape index (κ3) is 4.46. The van der Waals surface area contributed by atoms with Crippen molar-refractivity contribution in [2.24, 2.45) is 0 Å². The van der Waals surface area contributed by atoms with Gasteiger partial charge in [-0.25, -0.2) is 19.3 Å². The quantitative estimate of drug-likeness (QED) is 0.529. The number of fused-ring (bicyclic) bond motifs is 2. The molecule has 0 unspecified atom stereocenters. The Hall–Kier alpha value is -3.11. The Labute approximate surface area is 220 Å². The predicted octanol–water partition coefficient (Wildman–Crippen LogP) is 4.52. The Morgan fingerprint density at radius 2 is 1.89 bits per heavy atom. The van der Waals surface area contributed by atoms with Gasteiger partial charge >= 0.3 is 0 Å². The zero-order valence-corrected chi connectivity index (χ0v) is 22.2. The maximum atomic E-state index is 14.9. The fourth-order valence-corrected chi connectivity index (χ4v) is 7.36. The van der Waals surface area contributed by atoms with Crippen LogP contribution < -0.4 is 10.2 Å². The molecule has 3 aromatic rings. The van der Waals surface area contributed by atoms with Gasteiger partial charge in [0.25, 0.3) is 5.91 Å². The fourth-order valence-electron chi connectivity index (χ4n) is 5.98. The molecule has 2 fully saturated rings. The van der Waals surface area contributed by atoms with Crippen LogP contribution in [0.25, 0.3) is 10.6 Å². The van der Waals surface area contributed by atoms with Crippen LogP contribution in [0.3, 0.4) is 0 Å². The second-order valence-electron chi connectivity index (χ2n) is 10.3. The molecular formula is C27H32FN7OS. The van der Waals surface area contributed by atoms with Crippen molar-refractivity contribution in [1.29, 1.82) is 0 Å². The number of carbonyl (C=O) groups is 1. The first-order valence-electron chi connectivity index (χ1n) is 13.1. The van der Waals surface area contributed by atoms with E-state index in [0.717, 1.165) is 75.5 Å². The molecule has 0 atom stereocenters. The molecule has 194 valence electrons. The number of rotatable bonds is 5. The van der Waals surface area contributed by atoms with Crippen LogP contribution in [0.1, 0.15) is 47.8 Å². The Kier molecular flexibility index (Phi) is 6.32. The summed E-state index contributed by atoms with van der Waals surface area (Å²) in [5.74, 6) is 0.377. The molecule has 37 heavy (non-hydrogen) atoms. The van der Waals surface area contributed by atoms with Crippen LogP contribution in [0.2, 0.25) is 0 Å². The molecule has 1 saturated carbocycles. The van der Waals surface area contributed by atoms with Crippen LogP contribution in [0.5, 0.6) is 0 Å². The molecule has 3 aliphatic rings. The topological polar surface area (TPSA) is 77.5 Å². The Morgan fingerprint density at radius 3 is 2.59 bits per heavy atom. The Morgan fingerprint density at radius 1 is 1.11 bits per heavy atom. The van der Waals surface area contributed by atoms with Crippen molar-refractivity contribution in [2.75, 3.05) is 56.5 Å². The number of pyridine rings is 1. The summed E-state index contributed by atoms with van der Waals surface area (Å²) in [6.07, 6.45) is 7.48. The van der Waals surface area contributed by atoms with E-state index in [4.69, 9.17) is 0 Å². The van der Waals surface area contributed by atoms with Crippen molar-refractivity contribution in [3.05, 3.63) is 46.9 Å². The van der Waals surface area contributed by atoms with E-state index in [2.05, 4.69) is 37.0 Å². The van der Waals surface area contributed by atoms with Crippen LogP contribution in [0, 0.1) is 5.82 Å². The van der Waals surface area contributed by atoms with E-state index >= 15 is 0 Å². The highest BCUT2D eigenvalue weighted by Gasteiger charge is 2.45. The normalized spacial score (nSPS) is 19.5. The fraction of sp³-hybridized carbons (Fsp3) is 0.481. The van der Waals surface area contributed by atoms with E-state index < -0.39 is 5.82 Å². The maximum absolute atomic E-state index is 14.9. The van der Waals surface area contributed by atoms with Crippen LogP contribution in [-0.2, 0) is 5.41 Å². The van der Waals surface area contributed by atoms with Crippen LogP contribution in [0.15, 0.2) is 30.6 Å². The molecule has 6 rings (SSSR count). The molecule has 8 nitrogen and oxygen atoms in total. The van der Waals surface area contributed by atoms with Crippen molar-refractivity contribution < 1.29 is 9.18 Å². The lowest BCUT2D eigenvalue weighted by Gasteiger charge is -2.38. The van der Waals surface area contributed by atoms with Gasteiger partial charge < -0.3 is 20.0 Å². The number of nitrogens with one attached hydrogen (secondary N) is 1. The highest BCUT2D eigenvalue weighted by molar-refractivity contribution is 7.16. The number of hydrogen-bond acceptors (Lipinski definition) is 8. The number of hydrogen-bond donors (Lipinski definition) is 1. The van der Waals surface area contributed by atoms with Crippen molar-refractivity contribution in [2.45, 2.75) is 38.0 Å². The molecule has 0 aromatic carbocycles. The molecule has 1 saturated heterocycles. The van der Waals surface area contributed by atoms with Gasteiger partial charge in [0.2, 0.25) is 5.95 Å². The van der Waals surface area contributed by atoms with E-state index in [-0.39, 0.29) is 23.0 Å². The van der Waals surface area contributed by atoms with Crippen LogP contribution >= 0.6 is 11.3 Å². The largest absolute Gasteiger partial charge is 0.368 e. The van der Waals surface area contributed by atoms with Gasteiger partial charge in [0.15, 0.2) is 5.82 Å². The molecule has 1 amide bonds. The third-order valence-electron chi connectivity index (χ3n) is 8.04. The summed E-state index contributed by atoms with van der Waals surface area (Å²) in [5.41, 5.74) is 1.98. The number of nitrogens with zero attached hydrogens (tertiary/aromatic N) is 6. The number of amides is 1. The van der Waals surface area contributed by atoms with E-state index in [1.807, 2.05) is 36.3 Å². The summed E-state index contributed by atoms with van der Waals surface area (Å²) in [4.78, 5) is 34.5. The van der Waals surface area contributed by atoms with Gasteiger partial charge in [0.1, 0.15) is 11.5 Å². The molecule has 3 aromatic heterocycles. The second-order valence-corrected chi connectivity index (χ2v) is 11.4. The van der Waals surface area contributed by atoms with Gasteiger partial charge in [-0.05, 0) is 37.6 Å². The number of halogens is 1. The monoisotopic (exact) mass is 521 g/mol. The van der Waals surface area contributed by atoms with Crippen molar-refractivity contribution in [3.63, 3.8) is 0 Å². The molecule has 5 heterocycles. The number of piperazine rings is 1. The molecule has 1 aliphatic carbocycles. The molecule has 10 heteroatoms. The summed E-state index contributed by atoms with van der Waals surface area (Å²) in [6, 6.07) is 5.76. The van der Waals surface area contributed by atoms with Gasteiger partial charge in [-0.1, -0.05) is 19.8 Å². The average molecular weight is 522 g/mol. The highest BCUT2D eigenvalue weighted by atomic mass is 32.1. The molecule has 1 N–H and O–H groups in total. The minimum Gasteiger partial charge on any atom is -0.368 e. The average Bonchev–Trinajstić information content (AvgIpc) is 3.58. The predicted molar refractivity (Wildman–Crippen MR) is 144 cm³/mol. The van der Waals surface area contributed by atoms with E-state index in [9.17, 15) is 9.18 Å². The van der Waals surface area contributed by atoms with Gasteiger partial charge in [-0.2, -0.15) is 0 Å². The molecule has 0 bridgehead atoms. The summed E-state index contributed by atoms with van der Waals surface area (Å²) < 4.78 is 14.9. The zero-order valence-electron chi connectivity index (χ0n) is 21.3. The number of aromatic nitrogens is 3. The van der Waals surface area contributed by atoms with Gasteiger partial charge in [0.05, 0.1) is 28.5 Å². The van der Waals surface area contributed by atoms with E-state index in [1.165, 1.54) is 17.5 Å². The summed E-state index contributed by atoms with van der Waals surface area (Å²) in [6.45, 7) is 8.08. The standard InChI is InChI=1S/C27H32FN7OS/c1-3-34-10-12-35(13-11-34)18-6-7-22(29-15-18)31-26-30-16-20(28)23(32-26)21-14-19-24(37-21)27(8-4-5-9-27)17-33(2)25(19)36/h6-7,14-16H,3-5,8-13,17H2,1-2H3,(H,29,30,31,32). The highest BCUT2D eigenvalue weighted by Crippen LogP contribution is 2.50. The second kappa shape index (κ2) is 9.64. The van der Waals surface area contributed by atoms with Crippen LogP contribution in [0.4, 0.5) is 21.8 Å². The first-order valence-corrected chi connectivity index (χ1v) is 13.9. The number of thiophene rings is 1. The smallest absolute Gasteiger partial charge is 0.254 e. The third-order valence-corrected chi connectivity index (χ3v) is 9.43. The molecule has 0 radical (unpaired) electrons. The minimum atomic E-state index is -0.500. The van der Waals surface area contributed by atoms with Crippen molar-refractivity contribution in [3.8, 4) is 10.6 Å². The lowest BCUT2D eigenvalue weighted by molar-refractivity contribution is 0.0728. The maximum Gasteiger partial charge on any atom is 0.254 e. The lowest BCUT2D eigenvalue weighted by Crippen LogP contribution is -2.46. The van der Waals surface area contributed by atoms with Gasteiger partial charge in [-0.3, -0.25) is 4.79 Å². The summed E-state index contributed by atoms with van der Waals surface area (Å²) >= 11 is 1.51. The molecule has 1 spiro atoms. The van der Waals surface area contributed by atoms with Gasteiger partial charge in [0, 0.05) is 50.1 Å². The number of anilines is 3. The van der Waals surface area contributed by atoms with Gasteiger partial charge in [-0.15, -0.1) is 11.3 Å².